The number of aromatic nitrogens is 3. The highest BCUT2D eigenvalue weighted by Crippen LogP contribution is 2.61. The second kappa shape index (κ2) is 12.6. The molecule has 5 nitrogen and oxygen atoms in total. The standard InChI is InChI=1S/C53H35N3O2/c1-32-29-36(31-42-38-20-10-13-26-46(38)58-49(32)42)53(35-27-28-47-41(30-35)37-19-9-12-25-45(37)57-47)43-23-11-8-21-39(43)48-40(22-14-24-44(48)53)52-55-50(33-15-4-2-5-16-33)54-51(56-52)34-17-6-3-7-18-34/h2-28,30-32H,29H2,1H3. The molecule has 0 saturated carbocycles. The second-order valence-electron chi connectivity index (χ2n) is 15.5. The van der Waals surface area contributed by atoms with Crippen LogP contribution in [-0.4, -0.2) is 15.0 Å². The number of fused-ring (bicyclic) bond motifs is 9. The average molecular weight is 746 g/mol. The van der Waals surface area contributed by atoms with Gasteiger partial charge in [-0.2, -0.15) is 0 Å². The van der Waals surface area contributed by atoms with Gasteiger partial charge in [0.15, 0.2) is 17.5 Å². The van der Waals surface area contributed by atoms with Crippen molar-refractivity contribution in [3.05, 3.63) is 203 Å². The van der Waals surface area contributed by atoms with E-state index in [0.717, 1.165) is 72.9 Å². The van der Waals surface area contributed by atoms with Crippen molar-refractivity contribution in [3.63, 3.8) is 0 Å². The van der Waals surface area contributed by atoms with Gasteiger partial charge in [0.1, 0.15) is 22.5 Å². The molecule has 2 unspecified atom stereocenters. The molecule has 2 atom stereocenters. The Morgan fingerprint density at radius 2 is 1.09 bits per heavy atom. The predicted octanol–water partition coefficient (Wildman–Crippen LogP) is 13.4. The minimum absolute atomic E-state index is 0.155. The summed E-state index contributed by atoms with van der Waals surface area (Å²) in [6, 6.07) is 59.6. The fourth-order valence-electron chi connectivity index (χ4n) is 9.76. The van der Waals surface area contributed by atoms with Crippen molar-refractivity contribution < 1.29 is 8.83 Å². The lowest BCUT2D eigenvalue weighted by atomic mass is 9.63. The smallest absolute Gasteiger partial charge is 0.164 e. The first kappa shape index (κ1) is 32.8. The van der Waals surface area contributed by atoms with Gasteiger partial charge in [-0.15, -0.1) is 0 Å². The number of furan rings is 2. The highest BCUT2D eigenvalue weighted by Gasteiger charge is 2.50. The molecule has 10 aromatic rings. The van der Waals surface area contributed by atoms with Crippen LogP contribution in [0.1, 0.15) is 47.3 Å². The van der Waals surface area contributed by atoms with E-state index in [9.17, 15) is 0 Å². The zero-order valence-electron chi connectivity index (χ0n) is 31.7. The second-order valence-corrected chi connectivity index (χ2v) is 15.5. The SMILES string of the molecule is CC1CC(C2(c3ccc4oc5ccccc5c4c3)c3ccccc3-c3c(-c4nc(-c5ccccc5)nc(-c5ccccc5)n4)cccc32)=Cc2c1oc1ccccc21. The van der Waals surface area contributed by atoms with Gasteiger partial charge >= 0.3 is 0 Å². The molecule has 0 N–H and O–H groups in total. The minimum atomic E-state index is -0.656. The van der Waals surface area contributed by atoms with E-state index in [1.165, 1.54) is 27.8 Å². The van der Waals surface area contributed by atoms with Crippen molar-refractivity contribution in [2.24, 2.45) is 0 Å². The van der Waals surface area contributed by atoms with Crippen LogP contribution >= 0.6 is 0 Å². The third-order valence-electron chi connectivity index (χ3n) is 12.3. The van der Waals surface area contributed by atoms with Crippen LogP contribution in [0.2, 0.25) is 0 Å². The number of nitrogens with zero attached hydrogens (tertiary/aromatic N) is 3. The molecule has 0 aliphatic heterocycles. The van der Waals surface area contributed by atoms with Crippen molar-refractivity contribution >= 4 is 39.0 Å². The first-order chi connectivity index (χ1) is 28.6. The fourth-order valence-corrected chi connectivity index (χ4v) is 9.76. The number of rotatable bonds is 5. The normalized spacial score (nSPS) is 17.0. The lowest BCUT2D eigenvalue weighted by Crippen LogP contribution is -2.31. The molecule has 0 amide bonds. The summed E-state index contributed by atoms with van der Waals surface area (Å²) in [5.41, 5.74) is 13.3. The maximum atomic E-state index is 6.58. The molecule has 2 aliphatic carbocycles. The molecule has 7 aromatic carbocycles. The topological polar surface area (TPSA) is 65.0 Å². The zero-order valence-corrected chi connectivity index (χ0v) is 31.7. The number of para-hydroxylation sites is 2. The Hall–Kier alpha value is -7.37. The molecule has 3 aromatic heterocycles. The van der Waals surface area contributed by atoms with Crippen LogP contribution in [0, 0.1) is 0 Å². The quantitative estimate of drug-likeness (QED) is 0.175. The van der Waals surface area contributed by atoms with Gasteiger partial charge in [0.2, 0.25) is 0 Å². The summed E-state index contributed by atoms with van der Waals surface area (Å²) in [6.45, 7) is 2.30. The van der Waals surface area contributed by atoms with Gasteiger partial charge in [-0.3, -0.25) is 0 Å². The van der Waals surface area contributed by atoms with Crippen LogP contribution in [0.5, 0.6) is 0 Å². The largest absolute Gasteiger partial charge is 0.460 e. The molecular formula is C53H35N3O2. The van der Waals surface area contributed by atoms with E-state index in [2.05, 4.69) is 140 Å². The van der Waals surface area contributed by atoms with E-state index in [0.29, 0.717) is 17.5 Å². The Morgan fingerprint density at radius 1 is 0.500 bits per heavy atom. The number of benzene rings is 7. The van der Waals surface area contributed by atoms with Gasteiger partial charge in [0.05, 0.1) is 5.41 Å². The fraction of sp³-hybridized carbons (Fsp3) is 0.0755. The molecule has 0 spiro atoms. The van der Waals surface area contributed by atoms with Crippen molar-refractivity contribution in [3.8, 4) is 45.3 Å². The molecule has 5 heteroatoms. The van der Waals surface area contributed by atoms with Gasteiger partial charge in [-0.25, -0.2) is 15.0 Å². The summed E-state index contributed by atoms with van der Waals surface area (Å²) in [4.78, 5) is 15.6. The van der Waals surface area contributed by atoms with Gasteiger partial charge in [0.25, 0.3) is 0 Å². The number of allylic oxidation sites excluding steroid dienone is 1. The third kappa shape index (κ3) is 4.74. The number of hydrogen-bond donors (Lipinski definition) is 0. The van der Waals surface area contributed by atoms with E-state index >= 15 is 0 Å². The molecule has 58 heavy (non-hydrogen) atoms. The van der Waals surface area contributed by atoms with Crippen molar-refractivity contribution in [2.75, 3.05) is 0 Å². The van der Waals surface area contributed by atoms with E-state index < -0.39 is 5.41 Å². The summed E-state index contributed by atoms with van der Waals surface area (Å²) >= 11 is 0. The molecule has 3 heterocycles. The molecule has 274 valence electrons. The Bertz CT molecular complexity index is 3230. The highest BCUT2D eigenvalue weighted by molar-refractivity contribution is 6.06. The van der Waals surface area contributed by atoms with E-state index in [-0.39, 0.29) is 5.92 Å². The lowest BCUT2D eigenvalue weighted by molar-refractivity contribution is 0.488. The predicted molar refractivity (Wildman–Crippen MR) is 232 cm³/mol. The van der Waals surface area contributed by atoms with E-state index in [4.69, 9.17) is 23.8 Å². The third-order valence-corrected chi connectivity index (χ3v) is 12.3. The zero-order chi connectivity index (χ0) is 38.4. The molecular weight excluding hydrogens is 711 g/mol. The van der Waals surface area contributed by atoms with Crippen LogP contribution in [0.15, 0.2) is 184 Å². The van der Waals surface area contributed by atoms with Crippen LogP contribution in [-0.2, 0) is 5.41 Å². The van der Waals surface area contributed by atoms with Gasteiger partial charge < -0.3 is 8.83 Å². The summed E-state index contributed by atoms with van der Waals surface area (Å²) in [5, 5.41) is 3.35. The number of hydrogen-bond acceptors (Lipinski definition) is 5. The summed E-state index contributed by atoms with van der Waals surface area (Å²) < 4.78 is 13.0. The highest BCUT2D eigenvalue weighted by atomic mass is 16.3. The Kier molecular flexibility index (Phi) is 7.12. The van der Waals surface area contributed by atoms with Crippen LogP contribution in [0.4, 0.5) is 0 Å². The van der Waals surface area contributed by atoms with E-state index in [1.807, 2.05) is 42.5 Å². The molecule has 0 fully saturated rings. The van der Waals surface area contributed by atoms with Crippen LogP contribution in [0.25, 0.3) is 84.3 Å². The maximum Gasteiger partial charge on any atom is 0.164 e. The summed E-state index contributed by atoms with van der Waals surface area (Å²) in [7, 11) is 0. The van der Waals surface area contributed by atoms with E-state index in [1.54, 1.807) is 0 Å². The molecule has 12 rings (SSSR count). The van der Waals surface area contributed by atoms with Gasteiger partial charge in [0, 0.05) is 44.3 Å². The summed E-state index contributed by atoms with van der Waals surface area (Å²) in [6.07, 6.45) is 3.25. The molecule has 0 bridgehead atoms. The Labute approximate surface area is 335 Å². The monoisotopic (exact) mass is 745 g/mol. The maximum absolute atomic E-state index is 6.58. The molecule has 2 aliphatic rings. The summed E-state index contributed by atoms with van der Waals surface area (Å²) in [5.74, 6) is 3.12. The molecule has 0 saturated heterocycles. The van der Waals surface area contributed by atoms with Gasteiger partial charge in [-0.05, 0) is 64.1 Å². The minimum Gasteiger partial charge on any atom is -0.460 e. The lowest BCUT2D eigenvalue weighted by Gasteiger charge is -2.38. The van der Waals surface area contributed by atoms with Crippen LogP contribution < -0.4 is 0 Å². The Morgan fingerprint density at radius 3 is 1.84 bits per heavy atom. The Balaban J connectivity index is 1.18. The van der Waals surface area contributed by atoms with Crippen molar-refractivity contribution in [1.29, 1.82) is 0 Å². The van der Waals surface area contributed by atoms with Crippen molar-refractivity contribution in [2.45, 2.75) is 24.7 Å². The first-order valence-electron chi connectivity index (χ1n) is 19.9. The average Bonchev–Trinajstić information content (AvgIpc) is 3.95. The molecule has 0 radical (unpaired) electrons. The van der Waals surface area contributed by atoms with Gasteiger partial charge in [-0.1, -0.05) is 159 Å². The van der Waals surface area contributed by atoms with Crippen molar-refractivity contribution in [1.82, 2.24) is 15.0 Å². The van der Waals surface area contributed by atoms with Crippen LogP contribution in [0.3, 0.4) is 0 Å². The first-order valence-corrected chi connectivity index (χ1v) is 19.9.